The topological polar surface area (TPSA) is 90.5 Å². The smallest absolute Gasteiger partial charge is 0.244 e. The summed E-state index contributed by atoms with van der Waals surface area (Å²) in [5.74, 6) is 0.409. The Labute approximate surface area is 163 Å². The lowest BCUT2D eigenvalue weighted by Crippen LogP contribution is -2.22. The highest BCUT2D eigenvalue weighted by Gasteiger charge is 2.22. The second kappa shape index (κ2) is 8.39. The lowest BCUT2D eigenvalue weighted by Gasteiger charge is -2.14. The Balaban J connectivity index is 2.32. The molecule has 2 rings (SSSR count). The van der Waals surface area contributed by atoms with Crippen molar-refractivity contribution < 1.29 is 17.5 Å². The van der Waals surface area contributed by atoms with E-state index < -0.39 is 15.9 Å². The zero-order valence-electron chi connectivity index (χ0n) is 15.5. The lowest BCUT2D eigenvalue weighted by molar-refractivity contribution is 0.470. The summed E-state index contributed by atoms with van der Waals surface area (Å²) in [6.45, 7) is 3.54. The van der Waals surface area contributed by atoms with Crippen molar-refractivity contribution in [2.75, 3.05) is 20.6 Å². The van der Waals surface area contributed by atoms with E-state index >= 15 is 0 Å². The minimum absolute atomic E-state index is 0.0142. The summed E-state index contributed by atoms with van der Waals surface area (Å²) in [5.41, 5.74) is 6.49. The van der Waals surface area contributed by atoms with Gasteiger partial charge in [-0.3, -0.25) is 4.68 Å². The quantitative estimate of drug-likeness (QED) is 0.749. The first-order valence-electron chi connectivity index (χ1n) is 8.06. The Bertz CT molecular complexity index is 971. The van der Waals surface area contributed by atoms with Gasteiger partial charge in [0.25, 0.3) is 0 Å². The Hall–Kier alpha value is -1.94. The van der Waals surface area contributed by atoms with Gasteiger partial charge in [-0.05, 0) is 32.1 Å². The average Bonchev–Trinajstić information content (AvgIpc) is 2.82. The fraction of sp³-hybridized carbons (Fsp3) is 0.353. The van der Waals surface area contributed by atoms with Crippen LogP contribution < -0.4 is 10.5 Å². The molecule has 0 aliphatic heterocycles. The predicted octanol–water partition coefficient (Wildman–Crippen LogP) is 3.01. The van der Waals surface area contributed by atoms with E-state index in [2.05, 4.69) is 5.10 Å². The molecule has 0 fully saturated rings. The van der Waals surface area contributed by atoms with E-state index in [1.165, 1.54) is 43.1 Å². The van der Waals surface area contributed by atoms with Gasteiger partial charge in [0.1, 0.15) is 22.2 Å². The van der Waals surface area contributed by atoms with Crippen LogP contribution in [0.25, 0.3) is 0 Å². The van der Waals surface area contributed by atoms with Crippen LogP contribution in [0.1, 0.15) is 11.4 Å². The highest BCUT2D eigenvalue weighted by atomic mass is 35.5. The van der Waals surface area contributed by atoms with Crippen molar-refractivity contribution in [2.24, 2.45) is 5.73 Å². The molecule has 0 aliphatic carbocycles. The number of nitrogens with zero attached hydrogens (tertiary/aromatic N) is 3. The second-order valence-electron chi connectivity index (χ2n) is 6.03. The molecule has 0 saturated heterocycles. The summed E-state index contributed by atoms with van der Waals surface area (Å²) in [6.07, 6.45) is 1.28. The number of sulfonamides is 1. The number of hydrogen-bond acceptors (Lipinski definition) is 5. The molecule has 0 spiro atoms. The van der Waals surface area contributed by atoms with Crippen molar-refractivity contribution in [3.63, 3.8) is 0 Å². The van der Waals surface area contributed by atoms with Crippen molar-refractivity contribution >= 4 is 21.6 Å². The van der Waals surface area contributed by atoms with E-state index in [0.717, 1.165) is 4.31 Å². The summed E-state index contributed by atoms with van der Waals surface area (Å²) in [5, 5.41) is 4.31. The Morgan fingerprint density at radius 1 is 1.41 bits per heavy atom. The zero-order valence-corrected chi connectivity index (χ0v) is 17.1. The van der Waals surface area contributed by atoms with Crippen LogP contribution in [0.3, 0.4) is 0 Å². The molecule has 2 N–H and O–H groups in total. The molecule has 7 nitrogen and oxygen atoms in total. The maximum absolute atomic E-state index is 13.7. The van der Waals surface area contributed by atoms with Crippen LogP contribution in [0.5, 0.6) is 11.5 Å². The SMILES string of the molecule is Cc1nn(CC(F)=CCN)c(C)c1Oc1ccc(S(=O)(=O)N(C)C)c(Cl)c1. The number of halogens is 2. The molecule has 27 heavy (non-hydrogen) atoms. The van der Waals surface area contributed by atoms with Crippen LogP contribution in [-0.4, -0.2) is 43.1 Å². The molecule has 0 amide bonds. The molecular weight excluding hydrogens is 395 g/mol. The molecule has 1 aromatic carbocycles. The third-order valence-corrected chi connectivity index (χ3v) is 6.14. The van der Waals surface area contributed by atoms with Crippen LogP contribution in [0.2, 0.25) is 5.02 Å². The molecule has 1 heterocycles. The van der Waals surface area contributed by atoms with Crippen LogP contribution in [0.15, 0.2) is 35.0 Å². The van der Waals surface area contributed by atoms with E-state index in [4.69, 9.17) is 22.1 Å². The number of aryl methyl sites for hydroxylation is 1. The summed E-state index contributed by atoms with van der Waals surface area (Å²) in [4.78, 5) is -0.0142. The van der Waals surface area contributed by atoms with Gasteiger partial charge in [-0.2, -0.15) is 5.10 Å². The molecule has 0 radical (unpaired) electrons. The summed E-state index contributed by atoms with van der Waals surface area (Å²) >= 11 is 6.14. The number of allylic oxidation sites excluding steroid dienone is 1. The molecule has 148 valence electrons. The first-order valence-corrected chi connectivity index (χ1v) is 9.88. The fourth-order valence-electron chi connectivity index (χ4n) is 2.39. The monoisotopic (exact) mass is 416 g/mol. The molecule has 0 saturated carbocycles. The maximum Gasteiger partial charge on any atom is 0.244 e. The summed E-state index contributed by atoms with van der Waals surface area (Å²) in [6, 6.07) is 4.31. The standard InChI is InChI=1S/C17H22ClFN4O3S/c1-11-17(12(2)23(21-11)10-13(19)7-8-20)26-14-5-6-16(15(18)9-14)27(24,25)22(3)4/h5-7,9H,8,10,20H2,1-4H3. The Kier molecular flexibility index (Phi) is 6.63. The molecule has 0 atom stereocenters. The average molecular weight is 417 g/mol. The van der Waals surface area contributed by atoms with E-state index in [0.29, 0.717) is 22.9 Å². The molecule has 0 bridgehead atoms. The number of aromatic nitrogens is 2. The second-order valence-corrected chi connectivity index (χ2v) is 8.55. The van der Waals surface area contributed by atoms with Gasteiger partial charge in [0.05, 0.1) is 17.3 Å². The van der Waals surface area contributed by atoms with Gasteiger partial charge in [-0.1, -0.05) is 11.6 Å². The number of hydrogen-bond donors (Lipinski definition) is 1. The summed E-state index contributed by atoms with van der Waals surface area (Å²) < 4.78 is 46.5. The van der Waals surface area contributed by atoms with E-state index in [1.807, 2.05) is 0 Å². The predicted molar refractivity (Wildman–Crippen MR) is 102 cm³/mol. The molecule has 10 heteroatoms. The lowest BCUT2D eigenvalue weighted by atomic mass is 10.3. The Morgan fingerprint density at radius 3 is 2.63 bits per heavy atom. The van der Waals surface area contributed by atoms with Crippen LogP contribution in [0.4, 0.5) is 4.39 Å². The van der Waals surface area contributed by atoms with Gasteiger partial charge in [-0.25, -0.2) is 17.1 Å². The number of benzene rings is 1. The first kappa shape index (κ1) is 21.4. The van der Waals surface area contributed by atoms with E-state index in [-0.39, 0.29) is 23.0 Å². The van der Waals surface area contributed by atoms with Gasteiger partial charge in [0.2, 0.25) is 10.0 Å². The van der Waals surface area contributed by atoms with E-state index in [9.17, 15) is 12.8 Å². The summed E-state index contributed by atoms with van der Waals surface area (Å²) in [7, 11) is -0.805. The van der Waals surface area contributed by atoms with Crippen LogP contribution in [0, 0.1) is 13.8 Å². The number of ether oxygens (including phenoxy) is 1. The van der Waals surface area contributed by atoms with E-state index in [1.54, 1.807) is 13.8 Å². The third-order valence-electron chi connectivity index (χ3n) is 3.84. The van der Waals surface area contributed by atoms with Crippen LogP contribution >= 0.6 is 11.6 Å². The van der Waals surface area contributed by atoms with Gasteiger partial charge in [-0.15, -0.1) is 0 Å². The van der Waals surface area contributed by atoms with Crippen molar-refractivity contribution in [2.45, 2.75) is 25.3 Å². The number of rotatable bonds is 7. The van der Waals surface area contributed by atoms with Crippen molar-refractivity contribution in [3.05, 3.63) is 46.5 Å². The molecule has 0 unspecified atom stereocenters. The van der Waals surface area contributed by atoms with Crippen molar-refractivity contribution in [1.29, 1.82) is 0 Å². The molecular formula is C17H22ClFN4O3S. The van der Waals surface area contributed by atoms with Gasteiger partial charge in [0, 0.05) is 26.7 Å². The minimum Gasteiger partial charge on any atom is -0.453 e. The normalized spacial score (nSPS) is 12.7. The Morgan fingerprint density at radius 2 is 2.07 bits per heavy atom. The molecule has 0 aliphatic rings. The highest BCUT2D eigenvalue weighted by Crippen LogP contribution is 2.33. The molecule has 2 aromatic rings. The largest absolute Gasteiger partial charge is 0.453 e. The van der Waals surface area contributed by atoms with Gasteiger partial charge in [0.15, 0.2) is 5.75 Å². The zero-order chi connectivity index (χ0) is 20.4. The van der Waals surface area contributed by atoms with Gasteiger partial charge >= 0.3 is 0 Å². The first-order chi connectivity index (χ1) is 12.6. The fourth-order valence-corrected chi connectivity index (χ4v) is 3.79. The highest BCUT2D eigenvalue weighted by molar-refractivity contribution is 7.89. The third kappa shape index (κ3) is 4.67. The number of nitrogens with two attached hydrogens (primary N) is 1. The minimum atomic E-state index is -3.66. The van der Waals surface area contributed by atoms with Crippen molar-refractivity contribution in [1.82, 2.24) is 14.1 Å². The molecule has 1 aromatic heterocycles. The van der Waals surface area contributed by atoms with Gasteiger partial charge < -0.3 is 10.5 Å². The van der Waals surface area contributed by atoms with Crippen molar-refractivity contribution in [3.8, 4) is 11.5 Å². The maximum atomic E-state index is 13.7. The van der Waals surface area contributed by atoms with Crippen LogP contribution in [-0.2, 0) is 16.6 Å².